The van der Waals surface area contributed by atoms with Crippen LogP contribution in [0.4, 0.5) is 0 Å². The zero-order valence-electron chi connectivity index (χ0n) is 19.9. The van der Waals surface area contributed by atoms with Crippen molar-refractivity contribution in [3.63, 3.8) is 0 Å². The minimum Gasteiger partial charge on any atom is -0.491 e. The van der Waals surface area contributed by atoms with Crippen LogP contribution in [0.15, 0.2) is 54.6 Å². The second kappa shape index (κ2) is 8.18. The third-order valence-corrected chi connectivity index (χ3v) is 8.49. The standard InChI is InChI=1S/C29H39NO2/c1-21(23-7-5-4-6-8-23)30-16-25(31)17-32-26-11-9-24(10-12-26)29-15-22-13-27(2,19-29)18-28(3,14-22)20-29/h4-12,21-22,25,30-31H,13-20H2,1-3H3/t21?,22?,25?,27-,28+,29?. The summed E-state index contributed by atoms with van der Waals surface area (Å²) in [6.45, 7) is 8.01. The van der Waals surface area contributed by atoms with Crippen molar-refractivity contribution in [2.45, 2.75) is 76.9 Å². The van der Waals surface area contributed by atoms with Crippen LogP contribution in [0.2, 0.25) is 0 Å². The number of hydrogen-bond donors (Lipinski definition) is 2. The van der Waals surface area contributed by atoms with Crippen molar-refractivity contribution < 1.29 is 9.84 Å². The number of aliphatic hydroxyl groups is 1. The SMILES string of the molecule is CC(NCC(O)COc1ccc(C23CC4C[C@@](C)(C2)C[C@](C)(C4)C3)cc1)c1ccccc1. The molecule has 0 amide bonds. The van der Waals surface area contributed by atoms with Crippen LogP contribution in [0.5, 0.6) is 5.75 Å². The third-order valence-electron chi connectivity index (χ3n) is 8.49. The number of ether oxygens (including phenoxy) is 1. The Morgan fingerprint density at radius 1 is 0.938 bits per heavy atom. The molecule has 3 nitrogen and oxygen atoms in total. The van der Waals surface area contributed by atoms with E-state index in [-0.39, 0.29) is 6.04 Å². The lowest BCUT2D eigenvalue weighted by Gasteiger charge is -2.65. The molecular formula is C29H39NO2. The Kier molecular flexibility index (Phi) is 5.62. The first-order valence-electron chi connectivity index (χ1n) is 12.5. The van der Waals surface area contributed by atoms with Gasteiger partial charge in [0.2, 0.25) is 0 Å². The molecule has 0 aliphatic heterocycles. The quantitative estimate of drug-likeness (QED) is 0.534. The summed E-state index contributed by atoms with van der Waals surface area (Å²) in [5, 5.41) is 13.8. The van der Waals surface area contributed by atoms with Crippen molar-refractivity contribution in [3.05, 3.63) is 65.7 Å². The normalized spacial score (nSPS) is 34.9. The van der Waals surface area contributed by atoms with Crippen molar-refractivity contribution in [2.75, 3.05) is 13.2 Å². The molecule has 172 valence electrons. The van der Waals surface area contributed by atoms with E-state index in [2.05, 4.69) is 62.5 Å². The molecule has 4 fully saturated rings. The number of nitrogens with one attached hydrogen (secondary N) is 1. The molecule has 0 heterocycles. The smallest absolute Gasteiger partial charge is 0.119 e. The van der Waals surface area contributed by atoms with Crippen LogP contribution in [-0.2, 0) is 5.41 Å². The fraction of sp³-hybridized carbons (Fsp3) is 0.586. The third kappa shape index (κ3) is 4.34. The van der Waals surface area contributed by atoms with Crippen molar-refractivity contribution in [1.29, 1.82) is 0 Å². The summed E-state index contributed by atoms with van der Waals surface area (Å²) in [5.41, 5.74) is 4.14. The van der Waals surface area contributed by atoms with Crippen LogP contribution in [0.25, 0.3) is 0 Å². The highest BCUT2D eigenvalue weighted by Gasteiger charge is 2.60. The van der Waals surface area contributed by atoms with E-state index < -0.39 is 6.10 Å². The average Bonchev–Trinajstić information content (AvgIpc) is 2.74. The van der Waals surface area contributed by atoms with E-state index in [1.165, 1.54) is 49.7 Å². The molecule has 4 aliphatic carbocycles. The zero-order valence-corrected chi connectivity index (χ0v) is 19.9. The summed E-state index contributed by atoms with van der Waals surface area (Å²) in [7, 11) is 0. The zero-order chi connectivity index (χ0) is 22.4. The first-order chi connectivity index (χ1) is 15.3. The summed E-state index contributed by atoms with van der Waals surface area (Å²) in [6.07, 6.45) is 7.79. The van der Waals surface area contributed by atoms with Gasteiger partial charge in [-0.3, -0.25) is 0 Å². The van der Waals surface area contributed by atoms with Crippen LogP contribution in [0.1, 0.15) is 76.5 Å². The Labute approximate surface area is 193 Å². The van der Waals surface area contributed by atoms with Gasteiger partial charge in [0.1, 0.15) is 18.5 Å². The molecule has 32 heavy (non-hydrogen) atoms. The number of aliphatic hydroxyl groups excluding tert-OH is 1. The molecule has 3 heteroatoms. The Bertz CT molecular complexity index is 906. The predicted molar refractivity (Wildman–Crippen MR) is 130 cm³/mol. The fourth-order valence-corrected chi connectivity index (χ4v) is 8.10. The molecule has 0 spiro atoms. The minimum absolute atomic E-state index is 0.203. The van der Waals surface area contributed by atoms with Crippen molar-refractivity contribution in [1.82, 2.24) is 5.32 Å². The van der Waals surface area contributed by atoms with Gasteiger partial charge >= 0.3 is 0 Å². The molecule has 4 unspecified atom stereocenters. The number of benzene rings is 2. The first kappa shape index (κ1) is 22.0. The Balaban J connectivity index is 1.16. The molecule has 2 N–H and O–H groups in total. The lowest BCUT2D eigenvalue weighted by molar-refractivity contribution is -0.110. The van der Waals surface area contributed by atoms with Gasteiger partial charge in [-0.15, -0.1) is 0 Å². The summed E-state index contributed by atoms with van der Waals surface area (Å²) in [5.74, 6) is 1.75. The molecule has 0 saturated heterocycles. The summed E-state index contributed by atoms with van der Waals surface area (Å²) in [4.78, 5) is 0. The van der Waals surface area contributed by atoms with Gasteiger partial charge in [-0.05, 0) is 90.9 Å². The summed E-state index contributed by atoms with van der Waals surface area (Å²) in [6, 6.07) is 19.4. The van der Waals surface area contributed by atoms with Gasteiger partial charge in [0, 0.05) is 12.6 Å². The van der Waals surface area contributed by atoms with Crippen molar-refractivity contribution in [2.24, 2.45) is 16.7 Å². The highest BCUT2D eigenvalue weighted by molar-refractivity contribution is 5.36. The Morgan fingerprint density at radius 2 is 1.59 bits per heavy atom. The van der Waals surface area contributed by atoms with Crippen molar-refractivity contribution >= 4 is 0 Å². The monoisotopic (exact) mass is 433 g/mol. The van der Waals surface area contributed by atoms with Crippen LogP contribution >= 0.6 is 0 Å². The molecular weight excluding hydrogens is 394 g/mol. The van der Waals surface area contributed by atoms with E-state index in [0.717, 1.165) is 11.7 Å². The molecule has 0 aromatic heterocycles. The molecule has 6 atom stereocenters. The topological polar surface area (TPSA) is 41.5 Å². The Morgan fingerprint density at radius 3 is 2.22 bits per heavy atom. The van der Waals surface area contributed by atoms with E-state index in [1.807, 2.05) is 18.2 Å². The maximum atomic E-state index is 10.4. The predicted octanol–water partition coefficient (Wildman–Crippen LogP) is 6.03. The van der Waals surface area contributed by atoms with E-state index in [0.29, 0.717) is 29.4 Å². The fourth-order valence-electron chi connectivity index (χ4n) is 8.10. The second-order valence-electron chi connectivity index (χ2n) is 11.9. The van der Waals surface area contributed by atoms with Crippen LogP contribution in [0.3, 0.4) is 0 Å². The van der Waals surface area contributed by atoms with E-state index in [1.54, 1.807) is 0 Å². The van der Waals surface area contributed by atoms with Crippen LogP contribution < -0.4 is 10.1 Å². The van der Waals surface area contributed by atoms with E-state index in [9.17, 15) is 5.11 Å². The minimum atomic E-state index is -0.538. The van der Waals surface area contributed by atoms with Gasteiger partial charge in [-0.25, -0.2) is 0 Å². The van der Waals surface area contributed by atoms with Crippen LogP contribution in [-0.4, -0.2) is 24.4 Å². The van der Waals surface area contributed by atoms with Gasteiger partial charge < -0.3 is 15.2 Å². The van der Waals surface area contributed by atoms with Gasteiger partial charge in [0.25, 0.3) is 0 Å². The number of rotatable bonds is 8. The Hall–Kier alpha value is -1.84. The molecule has 0 radical (unpaired) electrons. The highest BCUT2D eigenvalue weighted by atomic mass is 16.5. The van der Waals surface area contributed by atoms with Gasteiger partial charge in [-0.2, -0.15) is 0 Å². The molecule has 6 rings (SSSR count). The van der Waals surface area contributed by atoms with Gasteiger partial charge in [0.05, 0.1) is 0 Å². The largest absolute Gasteiger partial charge is 0.491 e. The van der Waals surface area contributed by atoms with E-state index >= 15 is 0 Å². The average molecular weight is 434 g/mol. The molecule has 4 aliphatic rings. The van der Waals surface area contributed by atoms with E-state index in [4.69, 9.17) is 4.74 Å². The maximum Gasteiger partial charge on any atom is 0.119 e. The lowest BCUT2D eigenvalue weighted by Crippen LogP contribution is -2.56. The molecule has 4 bridgehead atoms. The summed E-state index contributed by atoms with van der Waals surface area (Å²) >= 11 is 0. The second-order valence-corrected chi connectivity index (χ2v) is 11.9. The van der Waals surface area contributed by atoms with Gasteiger partial charge in [-0.1, -0.05) is 56.3 Å². The molecule has 2 aromatic rings. The first-order valence-corrected chi connectivity index (χ1v) is 12.5. The molecule has 2 aromatic carbocycles. The summed E-state index contributed by atoms with van der Waals surface area (Å²) < 4.78 is 5.93. The highest BCUT2D eigenvalue weighted by Crippen LogP contribution is 2.69. The van der Waals surface area contributed by atoms with Crippen molar-refractivity contribution in [3.8, 4) is 5.75 Å². The molecule has 4 saturated carbocycles. The lowest BCUT2D eigenvalue weighted by atomic mass is 9.39. The van der Waals surface area contributed by atoms with Gasteiger partial charge in [0.15, 0.2) is 0 Å². The number of hydrogen-bond acceptors (Lipinski definition) is 3. The maximum absolute atomic E-state index is 10.4. The van der Waals surface area contributed by atoms with Crippen LogP contribution in [0, 0.1) is 16.7 Å².